The number of rotatable bonds is 5. The minimum absolute atomic E-state index is 0.350. The second-order valence-corrected chi connectivity index (χ2v) is 7.36. The van der Waals surface area contributed by atoms with Gasteiger partial charge in [0.1, 0.15) is 17.3 Å². The Morgan fingerprint density at radius 2 is 1.96 bits per heavy atom. The Bertz CT molecular complexity index is 1020. The molecule has 1 N–H and O–H groups in total. The summed E-state index contributed by atoms with van der Waals surface area (Å²) in [4.78, 5) is 12.2. The third-order valence-electron chi connectivity index (χ3n) is 3.60. The molecule has 1 aromatic heterocycles. The van der Waals surface area contributed by atoms with E-state index < -0.39 is 0 Å². The zero-order valence-corrected chi connectivity index (χ0v) is 17.7. The molecule has 2 aromatic carbocycles. The molecule has 0 aliphatic carbocycles. The van der Waals surface area contributed by atoms with E-state index in [-0.39, 0.29) is 5.91 Å². The lowest BCUT2D eigenvalue weighted by Crippen LogP contribution is -2.17. The molecule has 27 heavy (non-hydrogen) atoms. The Morgan fingerprint density at radius 1 is 1.15 bits per heavy atom. The molecule has 1 amide bonds. The molecular formula is C19H13Cl2IN2O3. The van der Waals surface area contributed by atoms with Crippen molar-refractivity contribution in [3.8, 4) is 17.1 Å². The number of methoxy groups -OCH3 is 1. The minimum atomic E-state index is -0.350. The molecule has 8 heteroatoms. The fraction of sp³-hybridized carbons (Fsp3) is 0.0526. The summed E-state index contributed by atoms with van der Waals surface area (Å²) in [6.45, 7) is 0. The summed E-state index contributed by atoms with van der Waals surface area (Å²) in [5.41, 5.74) is 3.69. The minimum Gasteiger partial charge on any atom is -0.496 e. The largest absolute Gasteiger partial charge is 0.496 e. The van der Waals surface area contributed by atoms with Crippen LogP contribution in [-0.4, -0.2) is 19.2 Å². The Hall–Kier alpha value is -2.03. The van der Waals surface area contributed by atoms with Crippen LogP contribution in [0.15, 0.2) is 58.0 Å². The predicted octanol–water partition coefficient (Wildman–Crippen LogP) is 5.63. The first kappa shape index (κ1) is 19.7. The zero-order valence-electron chi connectivity index (χ0n) is 14.0. The monoisotopic (exact) mass is 514 g/mol. The first-order valence-electron chi connectivity index (χ1n) is 7.70. The maximum atomic E-state index is 12.2. The first-order chi connectivity index (χ1) is 13.0. The van der Waals surface area contributed by atoms with Crippen molar-refractivity contribution in [2.24, 2.45) is 5.10 Å². The topological polar surface area (TPSA) is 63.8 Å². The van der Waals surface area contributed by atoms with Gasteiger partial charge >= 0.3 is 0 Å². The van der Waals surface area contributed by atoms with Crippen molar-refractivity contribution in [2.45, 2.75) is 0 Å². The van der Waals surface area contributed by atoms with Gasteiger partial charge in [-0.3, -0.25) is 4.79 Å². The van der Waals surface area contributed by atoms with Crippen LogP contribution in [0.5, 0.6) is 5.75 Å². The Morgan fingerprint density at radius 3 is 2.70 bits per heavy atom. The molecule has 5 nitrogen and oxygen atoms in total. The molecule has 0 saturated heterocycles. The van der Waals surface area contributed by atoms with E-state index in [2.05, 4.69) is 33.1 Å². The highest BCUT2D eigenvalue weighted by atomic mass is 127. The highest BCUT2D eigenvalue weighted by Crippen LogP contribution is 2.29. The molecule has 0 bridgehead atoms. The number of benzene rings is 2. The van der Waals surface area contributed by atoms with Crippen LogP contribution in [0.4, 0.5) is 0 Å². The van der Waals surface area contributed by atoms with Crippen LogP contribution in [0, 0.1) is 3.57 Å². The molecule has 0 aliphatic heterocycles. The molecule has 3 rings (SSSR count). The summed E-state index contributed by atoms with van der Waals surface area (Å²) in [5.74, 6) is 1.38. The van der Waals surface area contributed by atoms with E-state index in [1.807, 2.05) is 0 Å². The lowest BCUT2D eigenvalue weighted by Gasteiger charge is -2.05. The average Bonchev–Trinajstić information content (AvgIpc) is 3.13. The normalized spacial score (nSPS) is 11.0. The van der Waals surface area contributed by atoms with Crippen molar-refractivity contribution in [2.75, 3.05) is 7.11 Å². The number of hydrazone groups is 1. The molecule has 0 atom stereocenters. The summed E-state index contributed by atoms with van der Waals surface area (Å²) in [6.07, 6.45) is 1.42. The fourth-order valence-corrected chi connectivity index (χ4v) is 3.10. The third-order valence-corrected chi connectivity index (χ3v) is 5.23. The van der Waals surface area contributed by atoms with Gasteiger partial charge in [-0.25, -0.2) is 5.43 Å². The fourth-order valence-electron chi connectivity index (χ4n) is 2.25. The number of hydrogen-bond donors (Lipinski definition) is 1. The van der Waals surface area contributed by atoms with Gasteiger partial charge in [0.15, 0.2) is 0 Å². The van der Waals surface area contributed by atoms with Crippen molar-refractivity contribution in [3.63, 3.8) is 0 Å². The maximum absolute atomic E-state index is 12.2. The lowest BCUT2D eigenvalue weighted by molar-refractivity contribution is 0.0954. The number of carbonyl (C=O) groups excluding carboxylic acids is 1. The van der Waals surface area contributed by atoms with Gasteiger partial charge in [0, 0.05) is 11.1 Å². The van der Waals surface area contributed by atoms with Gasteiger partial charge in [0.2, 0.25) is 0 Å². The van der Waals surface area contributed by atoms with Crippen LogP contribution in [0.2, 0.25) is 10.0 Å². The van der Waals surface area contributed by atoms with Gasteiger partial charge < -0.3 is 9.15 Å². The second kappa shape index (κ2) is 8.77. The molecular weight excluding hydrogens is 502 g/mol. The van der Waals surface area contributed by atoms with Crippen LogP contribution in [0.1, 0.15) is 16.1 Å². The Balaban J connectivity index is 1.67. The molecule has 0 spiro atoms. The van der Waals surface area contributed by atoms with Gasteiger partial charge in [-0.1, -0.05) is 23.2 Å². The smallest absolute Gasteiger partial charge is 0.271 e. The van der Waals surface area contributed by atoms with Crippen molar-refractivity contribution >= 4 is 57.9 Å². The van der Waals surface area contributed by atoms with Crippen LogP contribution < -0.4 is 10.2 Å². The number of amides is 1. The maximum Gasteiger partial charge on any atom is 0.271 e. The molecule has 0 aliphatic rings. The number of nitrogens with one attached hydrogen (secondary N) is 1. The van der Waals surface area contributed by atoms with Gasteiger partial charge in [-0.15, -0.1) is 0 Å². The first-order valence-corrected chi connectivity index (χ1v) is 9.53. The summed E-state index contributed by atoms with van der Waals surface area (Å²) < 4.78 is 11.8. The highest BCUT2D eigenvalue weighted by molar-refractivity contribution is 14.1. The van der Waals surface area contributed by atoms with E-state index in [0.717, 1.165) is 9.13 Å². The van der Waals surface area contributed by atoms with E-state index in [1.165, 1.54) is 6.21 Å². The quantitative estimate of drug-likeness (QED) is 0.272. The summed E-state index contributed by atoms with van der Waals surface area (Å²) in [7, 11) is 1.56. The number of ether oxygens (including phenoxy) is 1. The van der Waals surface area contributed by atoms with Crippen LogP contribution in [0.25, 0.3) is 11.3 Å². The zero-order chi connectivity index (χ0) is 19.4. The molecule has 138 valence electrons. The van der Waals surface area contributed by atoms with E-state index in [4.69, 9.17) is 32.4 Å². The van der Waals surface area contributed by atoms with Crippen molar-refractivity contribution < 1.29 is 13.9 Å². The van der Waals surface area contributed by atoms with Gasteiger partial charge in [-0.05, 0) is 71.1 Å². The van der Waals surface area contributed by atoms with E-state index >= 15 is 0 Å². The summed E-state index contributed by atoms with van der Waals surface area (Å²) in [5, 5.41) is 4.85. The van der Waals surface area contributed by atoms with Crippen molar-refractivity contribution in [3.05, 3.63) is 73.5 Å². The lowest BCUT2D eigenvalue weighted by atomic mass is 10.2. The van der Waals surface area contributed by atoms with Gasteiger partial charge in [-0.2, -0.15) is 5.10 Å². The Kier molecular flexibility index (Phi) is 6.41. The molecule has 1 heterocycles. The van der Waals surface area contributed by atoms with Crippen LogP contribution in [0.3, 0.4) is 0 Å². The average molecular weight is 515 g/mol. The SMILES string of the molecule is COc1cc(C(=O)N/N=C/c2ccc(-c3ccc(Cl)c(Cl)c3)o2)ccc1I. The van der Waals surface area contributed by atoms with Crippen LogP contribution in [-0.2, 0) is 0 Å². The molecule has 0 fully saturated rings. The predicted molar refractivity (Wildman–Crippen MR) is 115 cm³/mol. The van der Waals surface area contributed by atoms with E-state index in [0.29, 0.717) is 32.9 Å². The van der Waals surface area contributed by atoms with Crippen LogP contribution >= 0.6 is 45.8 Å². The molecule has 0 saturated carbocycles. The molecule has 0 unspecified atom stereocenters. The van der Waals surface area contributed by atoms with Crippen molar-refractivity contribution in [1.29, 1.82) is 0 Å². The summed E-state index contributed by atoms with van der Waals surface area (Å²) >= 11 is 14.1. The second-order valence-electron chi connectivity index (χ2n) is 5.38. The van der Waals surface area contributed by atoms with E-state index in [1.54, 1.807) is 55.6 Å². The number of furan rings is 1. The standard InChI is InChI=1S/C19H13Cl2IN2O3/c1-26-18-9-12(3-6-16(18)22)19(25)24-23-10-13-4-7-17(27-13)11-2-5-14(20)15(21)8-11/h2-10H,1H3,(H,24,25)/b23-10+. The summed E-state index contributed by atoms with van der Waals surface area (Å²) in [6, 6.07) is 13.9. The third kappa shape index (κ3) is 4.82. The molecule has 0 radical (unpaired) electrons. The number of nitrogens with zero attached hydrogens (tertiary/aromatic N) is 1. The van der Waals surface area contributed by atoms with Gasteiger partial charge in [0.25, 0.3) is 5.91 Å². The number of carbonyl (C=O) groups is 1. The highest BCUT2D eigenvalue weighted by Gasteiger charge is 2.09. The number of halogens is 3. The van der Waals surface area contributed by atoms with E-state index in [9.17, 15) is 4.79 Å². The van der Waals surface area contributed by atoms with Gasteiger partial charge in [0.05, 0.1) is 26.9 Å². The Labute approximate surface area is 179 Å². The van der Waals surface area contributed by atoms with Crippen molar-refractivity contribution in [1.82, 2.24) is 5.43 Å². The number of hydrogen-bond acceptors (Lipinski definition) is 4. The molecule has 3 aromatic rings.